The number of hydrogen-bond acceptors (Lipinski definition) is 2. The Labute approximate surface area is 405 Å². The standard InChI is InChI=1S/C66H62O2/c1-3-5-7-9-11-21-43-67-57-41-39-47(59-61-49-23-13-17-27-53(49)63(65(57)59)54-28-18-14-24-50(54)61)37-35-45-31-33-46(34-32-45)36-38-48-40-42-58(68-44-22-12-10-8-6-4-2)66-60(48)62-51-25-15-19-29-55(51)64(66)56-30-20-16-26-52(56)62/h13-20,23-34,39-42,61-64H,3-12,21-22,43-44H2,1-2H3. The van der Waals surface area contributed by atoms with E-state index in [1.54, 1.807) is 0 Å². The minimum Gasteiger partial charge on any atom is -0.493 e. The van der Waals surface area contributed by atoms with Crippen molar-refractivity contribution in [3.05, 3.63) is 235 Å². The lowest BCUT2D eigenvalue weighted by atomic mass is 9.60. The molecule has 6 aliphatic carbocycles. The van der Waals surface area contributed by atoms with E-state index in [2.05, 4.69) is 183 Å². The Hall–Kier alpha value is -6.74. The van der Waals surface area contributed by atoms with Gasteiger partial charge < -0.3 is 9.47 Å². The molecule has 68 heavy (non-hydrogen) atoms. The second-order valence-electron chi connectivity index (χ2n) is 19.4. The van der Waals surface area contributed by atoms with Gasteiger partial charge in [0, 0.05) is 57.1 Å². The SMILES string of the molecule is CCCCCCCCOc1ccc(C#Cc2ccc(C#Cc3ccc(OCCCCCCCC)c4c3C3c5ccccc5C4c4ccccc43)cc2)c2c1C1c3ccccc3C2c2ccccc21. The molecule has 2 nitrogen and oxygen atoms in total. The minimum atomic E-state index is 0.116. The van der Waals surface area contributed by atoms with Crippen LogP contribution in [0.5, 0.6) is 11.5 Å². The molecular formula is C66H62O2. The van der Waals surface area contributed by atoms with Crippen LogP contribution in [0.1, 0.15) is 204 Å². The zero-order chi connectivity index (χ0) is 45.8. The first-order valence-corrected chi connectivity index (χ1v) is 25.8. The van der Waals surface area contributed by atoms with Gasteiger partial charge in [-0.15, -0.1) is 0 Å². The molecule has 0 unspecified atom stereocenters. The number of benzene rings is 7. The molecule has 7 aromatic rings. The molecule has 0 N–H and O–H groups in total. The largest absolute Gasteiger partial charge is 0.493 e. The lowest BCUT2D eigenvalue weighted by Crippen LogP contribution is -2.29. The summed E-state index contributed by atoms with van der Waals surface area (Å²) in [6, 6.07) is 53.4. The van der Waals surface area contributed by atoms with Gasteiger partial charge in [-0.1, -0.05) is 199 Å². The van der Waals surface area contributed by atoms with Crippen LogP contribution in [-0.2, 0) is 0 Å². The molecule has 338 valence electrons. The average molecular weight is 887 g/mol. The van der Waals surface area contributed by atoms with Gasteiger partial charge in [0.2, 0.25) is 0 Å². The van der Waals surface area contributed by atoms with Gasteiger partial charge in [-0.3, -0.25) is 0 Å². The van der Waals surface area contributed by atoms with Crippen molar-refractivity contribution in [1.82, 2.24) is 0 Å². The average Bonchev–Trinajstić information content (AvgIpc) is 3.39. The Morgan fingerprint density at radius 1 is 0.309 bits per heavy atom. The normalized spacial score (nSPS) is 17.0. The van der Waals surface area contributed by atoms with Crippen LogP contribution in [0.2, 0.25) is 0 Å². The third-order valence-electron chi connectivity index (χ3n) is 15.2. The van der Waals surface area contributed by atoms with Gasteiger partial charge in [0.05, 0.1) is 13.2 Å². The van der Waals surface area contributed by atoms with Crippen molar-refractivity contribution in [2.75, 3.05) is 13.2 Å². The first-order valence-electron chi connectivity index (χ1n) is 25.8. The van der Waals surface area contributed by atoms with Crippen LogP contribution in [0, 0.1) is 23.7 Å². The molecule has 0 amide bonds. The van der Waals surface area contributed by atoms with Crippen LogP contribution in [0.4, 0.5) is 0 Å². The Kier molecular flexibility index (Phi) is 12.8. The molecule has 6 aliphatic rings. The van der Waals surface area contributed by atoms with Crippen molar-refractivity contribution in [2.45, 2.75) is 115 Å². The van der Waals surface area contributed by atoms with E-state index in [1.807, 2.05) is 0 Å². The van der Waals surface area contributed by atoms with Gasteiger partial charge in [-0.2, -0.15) is 0 Å². The molecule has 0 atom stereocenters. The van der Waals surface area contributed by atoms with E-state index in [1.165, 1.54) is 131 Å². The van der Waals surface area contributed by atoms with Gasteiger partial charge in [-0.25, -0.2) is 0 Å². The molecule has 4 bridgehead atoms. The van der Waals surface area contributed by atoms with Crippen LogP contribution in [0.25, 0.3) is 0 Å². The first kappa shape index (κ1) is 43.8. The highest BCUT2D eigenvalue weighted by Gasteiger charge is 2.45. The van der Waals surface area contributed by atoms with Gasteiger partial charge in [0.15, 0.2) is 0 Å². The summed E-state index contributed by atoms with van der Waals surface area (Å²) in [5.41, 5.74) is 20.5. The summed E-state index contributed by atoms with van der Waals surface area (Å²) in [6.45, 7) is 6.03. The number of rotatable bonds is 16. The minimum absolute atomic E-state index is 0.116. The summed E-state index contributed by atoms with van der Waals surface area (Å²) in [7, 11) is 0. The van der Waals surface area contributed by atoms with Crippen molar-refractivity contribution in [3.8, 4) is 35.2 Å². The topological polar surface area (TPSA) is 18.5 Å². The molecule has 0 fully saturated rings. The highest BCUT2D eigenvalue weighted by Crippen LogP contribution is 2.60. The molecule has 0 spiro atoms. The lowest BCUT2D eigenvalue weighted by molar-refractivity contribution is 0.300. The molecule has 0 saturated carbocycles. The van der Waals surface area contributed by atoms with Gasteiger partial charge >= 0.3 is 0 Å². The van der Waals surface area contributed by atoms with Crippen LogP contribution < -0.4 is 9.47 Å². The quantitative estimate of drug-likeness (QED) is 0.0711. The van der Waals surface area contributed by atoms with E-state index >= 15 is 0 Å². The summed E-state index contributed by atoms with van der Waals surface area (Å²) in [4.78, 5) is 0. The van der Waals surface area contributed by atoms with Crippen LogP contribution in [0.3, 0.4) is 0 Å². The highest BCUT2D eigenvalue weighted by atomic mass is 16.5. The Morgan fingerprint density at radius 2 is 0.603 bits per heavy atom. The van der Waals surface area contributed by atoms with Crippen molar-refractivity contribution in [3.63, 3.8) is 0 Å². The van der Waals surface area contributed by atoms with Crippen molar-refractivity contribution in [1.29, 1.82) is 0 Å². The number of hydrogen-bond donors (Lipinski definition) is 0. The molecule has 7 aromatic carbocycles. The predicted octanol–water partition coefficient (Wildman–Crippen LogP) is 15.9. The van der Waals surface area contributed by atoms with Crippen molar-refractivity contribution in [2.24, 2.45) is 0 Å². The van der Waals surface area contributed by atoms with E-state index in [0.29, 0.717) is 0 Å². The van der Waals surface area contributed by atoms with Gasteiger partial charge in [0.25, 0.3) is 0 Å². The smallest absolute Gasteiger partial charge is 0.123 e. The van der Waals surface area contributed by atoms with E-state index < -0.39 is 0 Å². The third-order valence-corrected chi connectivity index (χ3v) is 15.2. The van der Waals surface area contributed by atoms with Gasteiger partial charge in [0.1, 0.15) is 11.5 Å². The summed E-state index contributed by atoms with van der Waals surface area (Å²) in [5, 5.41) is 0. The van der Waals surface area contributed by atoms with Crippen LogP contribution in [0.15, 0.2) is 146 Å². The molecule has 0 heterocycles. The summed E-state index contributed by atoms with van der Waals surface area (Å²) in [5.74, 6) is 17.0. The van der Waals surface area contributed by atoms with Crippen molar-refractivity contribution >= 4 is 0 Å². The number of unbranched alkanes of at least 4 members (excludes halogenated alkanes) is 10. The predicted molar refractivity (Wildman–Crippen MR) is 279 cm³/mol. The van der Waals surface area contributed by atoms with Crippen molar-refractivity contribution < 1.29 is 9.47 Å². The summed E-state index contributed by atoms with van der Waals surface area (Å²) in [6.07, 6.45) is 14.9. The zero-order valence-electron chi connectivity index (χ0n) is 39.9. The van der Waals surface area contributed by atoms with Gasteiger partial charge in [-0.05, 0) is 117 Å². The molecule has 2 heteroatoms. The second-order valence-corrected chi connectivity index (χ2v) is 19.4. The zero-order valence-corrected chi connectivity index (χ0v) is 39.9. The fourth-order valence-corrected chi connectivity index (χ4v) is 12.0. The third kappa shape index (κ3) is 8.13. The Balaban J connectivity index is 0.892. The van der Waals surface area contributed by atoms with E-state index in [-0.39, 0.29) is 23.7 Å². The van der Waals surface area contributed by atoms with Crippen LogP contribution in [-0.4, -0.2) is 13.2 Å². The summed E-state index contributed by atoms with van der Waals surface area (Å²) >= 11 is 0. The molecular weight excluding hydrogens is 825 g/mol. The first-order chi connectivity index (χ1) is 33.7. The molecule has 0 aromatic heterocycles. The maximum absolute atomic E-state index is 6.73. The fourth-order valence-electron chi connectivity index (χ4n) is 12.0. The lowest BCUT2D eigenvalue weighted by Gasteiger charge is -2.43. The highest BCUT2D eigenvalue weighted by molar-refractivity contribution is 5.75. The molecule has 0 aliphatic heterocycles. The Bertz CT molecular complexity index is 2790. The number of ether oxygens (including phenoxy) is 2. The van der Waals surface area contributed by atoms with E-state index in [4.69, 9.17) is 9.47 Å². The van der Waals surface area contributed by atoms with E-state index in [9.17, 15) is 0 Å². The maximum atomic E-state index is 6.73. The summed E-state index contributed by atoms with van der Waals surface area (Å²) < 4.78 is 13.5. The second kappa shape index (κ2) is 19.8. The molecule has 0 radical (unpaired) electrons. The maximum Gasteiger partial charge on any atom is 0.123 e. The molecule has 13 rings (SSSR count). The van der Waals surface area contributed by atoms with E-state index in [0.717, 1.165) is 59.8 Å². The van der Waals surface area contributed by atoms with Crippen LogP contribution >= 0.6 is 0 Å². The fraction of sp³-hybridized carbons (Fsp3) is 0.303. The molecule has 0 saturated heterocycles. The Morgan fingerprint density at radius 3 is 0.926 bits per heavy atom. The monoisotopic (exact) mass is 886 g/mol.